The standard InChI is InChI=1S/C13H20N2/c1-15(10-11-5-4-6-11)13-8-3-2-7-12(13)9-14/h2-3,7-8,11H,4-6,9-10,14H2,1H3. The number of nitrogens with zero attached hydrogens (tertiary/aromatic N) is 1. The van der Waals surface area contributed by atoms with Crippen LogP contribution in [0.5, 0.6) is 0 Å². The van der Waals surface area contributed by atoms with E-state index in [4.69, 9.17) is 5.73 Å². The largest absolute Gasteiger partial charge is 0.374 e. The van der Waals surface area contributed by atoms with Gasteiger partial charge in [-0.1, -0.05) is 24.6 Å². The van der Waals surface area contributed by atoms with E-state index in [1.54, 1.807) is 0 Å². The van der Waals surface area contributed by atoms with Crippen LogP contribution in [0.2, 0.25) is 0 Å². The molecule has 0 atom stereocenters. The van der Waals surface area contributed by atoms with Crippen LogP contribution in [0.25, 0.3) is 0 Å². The van der Waals surface area contributed by atoms with E-state index in [1.165, 1.54) is 37.1 Å². The Balaban J connectivity index is 2.05. The van der Waals surface area contributed by atoms with E-state index in [1.807, 2.05) is 0 Å². The van der Waals surface area contributed by atoms with Crippen LogP contribution < -0.4 is 10.6 Å². The fourth-order valence-electron chi connectivity index (χ4n) is 2.22. The second-order valence-electron chi connectivity index (χ2n) is 4.51. The van der Waals surface area contributed by atoms with E-state index < -0.39 is 0 Å². The average Bonchev–Trinajstić information content (AvgIpc) is 2.23. The molecule has 1 aromatic rings. The summed E-state index contributed by atoms with van der Waals surface area (Å²) in [7, 11) is 2.17. The molecule has 1 saturated carbocycles. The molecule has 15 heavy (non-hydrogen) atoms. The van der Waals surface area contributed by atoms with Gasteiger partial charge in [0.25, 0.3) is 0 Å². The zero-order valence-corrected chi connectivity index (χ0v) is 9.45. The normalized spacial score (nSPS) is 16.1. The van der Waals surface area contributed by atoms with Gasteiger partial charge in [0, 0.05) is 25.8 Å². The monoisotopic (exact) mass is 204 g/mol. The van der Waals surface area contributed by atoms with E-state index in [0.717, 1.165) is 5.92 Å². The van der Waals surface area contributed by atoms with E-state index in [-0.39, 0.29) is 0 Å². The third-order valence-corrected chi connectivity index (χ3v) is 3.38. The Hall–Kier alpha value is -1.02. The molecule has 0 aromatic heterocycles. The summed E-state index contributed by atoms with van der Waals surface area (Å²) in [5, 5.41) is 0. The molecule has 0 unspecified atom stereocenters. The first-order chi connectivity index (χ1) is 7.31. The van der Waals surface area contributed by atoms with Gasteiger partial charge in [0.1, 0.15) is 0 Å². The Bertz CT molecular complexity index is 318. The van der Waals surface area contributed by atoms with Crippen molar-refractivity contribution in [2.45, 2.75) is 25.8 Å². The van der Waals surface area contributed by atoms with Crippen molar-refractivity contribution in [2.75, 3.05) is 18.5 Å². The zero-order chi connectivity index (χ0) is 10.7. The molecule has 2 heteroatoms. The highest BCUT2D eigenvalue weighted by atomic mass is 15.1. The molecule has 1 fully saturated rings. The van der Waals surface area contributed by atoms with Gasteiger partial charge in [0.2, 0.25) is 0 Å². The van der Waals surface area contributed by atoms with Gasteiger partial charge in [-0.05, 0) is 30.4 Å². The first-order valence-corrected chi connectivity index (χ1v) is 5.80. The van der Waals surface area contributed by atoms with Crippen LogP contribution >= 0.6 is 0 Å². The molecule has 0 aliphatic heterocycles. The van der Waals surface area contributed by atoms with Crippen LogP contribution in [-0.2, 0) is 6.54 Å². The Morgan fingerprint density at radius 2 is 2.07 bits per heavy atom. The van der Waals surface area contributed by atoms with Crippen molar-refractivity contribution < 1.29 is 0 Å². The summed E-state index contributed by atoms with van der Waals surface area (Å²) in [5.74, 6) is 0.904. The molecule has 2 rings (SSSR count). The highest BCUT2D eigenvalue weighted by Gasteiger charge is 2.19. The maximum absolute atomic E-state index is 5.74. The fourth-order valence-corrected chi connectivity index (χ4v) is 2.22. The van der Waals surface area contributed by atoms with Gasteiger partial charge in [-0.25, -0.2) is 0 Å². The second kappa shape index (κ2) is 4.67. The van der Waals surface area contributed by atoms with Crippen molar-refractivity contribution in [1.82, 2.24) is 0 Å². The molecular formula is C13H20N2. The molecule has 0 radical (unpaired) electrons. The smallest absolute Gasteiger partial charge is 0.0409 e. The minimum absolute atomic E-state index is 0.630. The number of rotatable bonds is 4. The minimum atomic E-state index is 0.630. The Kier molecular flexibility index (Phi) is 3.27. The molecule has 82 valence electrons. The van der Waals surface area contributed by atoms with Gasteiger partial charge in [0.05, 0.1) is 0 Å². The average molecular weight is 204 g/mol. The van der Waals surface area contributed by atoms with Gasteiger partial charge in [0.15, 0.2) is 0 Å². The van der Waals surface area contributed by atoms with Crippen molar-refractivity contribution in [3.8, 4) is 0 Å². The van der Waals surface area contributed by atoms with Crippen molar-refractivity contribution in [2.24, 2.45) is 11.7 Å². The molecule has 0 amide bonds. The van der Waals surface area contributed by atoms with E-state index in [2.05, 4.69) is 36.2 Å². The van der Waals surface area contributed by atoms with Crippen LogP contribution in [0, 0.1) is 5.92 Å². The van der Waals surface area contributed by atoms with Crippen molar-refractivity contribution in [3.05, 3.63) is 29.8 Å². The minimum Gasteiger partial charge on any atom is -0.374 e. The van der Waals surface area contributed by atoms with E-state index >= 15 is 0 Å². The Labute approximate surface area is 92.1 Å². The van der Waals surface area contributed by atoms with Crippen molar-refractivity contribution in [1.29, 1.82) is 0 Å². The number of hydrogen-bond acceptors (Lipinski definition) is 2. The quantitative estimate of drug-likeness (QED) is 0.816. The number of nitrogens with two attached hydrogens (primary N) is 1. The number of para-hydroxylation sites is 1. The summed E-state index contributed by atoms with van der Waals surface area (Å²) in [6, 6.07) is 8.43. The third-order valence-electron chi connectivity index (χ3n) is 3.38. The van der Waals surface area contributed by atoms with E-state index in [0.29, 0.717) is 6.54 Å². The lowest BCUT2D eigenvalue weighted by Gasteiger charge is -2.32. The van der Waals surface area contributed by atoms with Crippen molar-refractivity contribution >= 4 is 5.69 Å². The lowest BCUT2D eigenvalue weighted by molar-refractivity contribution is 0.321. The molecule has 2 N–H and O–H groups in total. The lowest BCUT2D eigenvalue weighted by Crippen LogP contribution is -2.30. The fraction of sp³-hybridized carbons (Fsp3) is 0.538. The summed E-state index contributed by atoms with van der Waals surface area (Å²) in [5.41, 5.74) is 8.29. The van der Waals surface area contributed by atoms with Crippen LogP contribution in [0.15, 0.2) is 24.3 Å². The Morgan fingerprint density at radius 1 is 1.33 bits per heavy atom. The lowest BCUT2D eigenvalue weighted by atomic mass is 9.85. The first-order valence-electron chi connectivity index (χ1n) is 5.80. The maximum atomic E-state index is 5.74. The third kappa shape index (κ3) is 2.32. The molecular weight excluding hydrogens is 184 g/mol. The maximum Gasteiger partial charge on any atom is 0.0409 e. The second-order valence-corrected chi connectivity index (χ2v) is 4.51. The Morgan fingerprint density at radius 3 is 2.67 bits per heavy atom. The zero-order valence-electron chi connectivity index (χ0n) is 9.45. The van der Waals surface area contributed by atoms with Crippen LogP contribution in [0.3, 0.4) is 0 Å². The molecule has 1 aliphatic carbocycles. The van der Waals surface area contributed by atoms with Crippen LogP contribution in [-0.4, -0.2) is 13.6 Å². The summed E-state index contributed by atoms with van der Waals surface area (Å²) in [4.78, 5) is 2.35. The van der Waals surface area contributed by atoms with Crippen LogP contribution in [0.4, 0.5) is 5.69 Å². The molecule has 0 spiro atoms. The van der Waals surface area contributed by atoms with Gasteiger partial charge in [-0.2, -0.15) is 0 Å². The molecule has 1 aliphatic rings. The molecule has 0 saturated heterocycles. The van der Waals surface area contributed by atoms with Gasteiger partial charge in [-0.3, -0.25) is 0 Å². The first kappa shape index (κ1) is 10.5. The van der Waals surface area contributed by atoms with E-state index in [9.17, 15) is 0 Å². The van der Waals surface area contributed by atoms with Gasteiger partial charge in [-0.15, -0.1) is 0 Å². The number of benzene rings is 1. The predicted octanol–water partition coefficient (Wildman–Crippen LogP) is 2.38. The van der Waals surface area contributed by atoms with Crippen LogP contribution in [0.1, 0.15) is 24.8 Å². The van der Waals surface area contributed by atoms with Gasteiger partial charge < -0.3 is 10.6 Å². The molecule has 0 heterocycles. The summed E-state index contributed by atoms with van der Waals surface area (Å²) in [6.07, 6.45) is 4.21. The molecule has 2 nitrogen and oxygen atoms in total. The summed E-state index contributed by atoms with van der Waals surface area (Å²) >= 11 is 0. The number of anilines is 1. The number of hydrogen-bond donors (Lipinski definition) is 1. The highest BCUT2D eigenvalue weighted by Crippen LogP contribution is 2.29. The predicted molar refractivity (Wildman–Crippen MR) is 64.9 cm³/mol. The topological polar surface area (TPSA) is 29.3 Å². The summed E-state index contributed by atoms with van der Waals surface area (Å²) < 4.78 is 0. The van der Waals surface area contributed by atoms with Gasteiger partial charge >= 0.3 is 0 Å². The highest BCUT2D eigenvalue weighted by molar-refractivity contribution is 5.53. The summed E-state index contributed by atoms with van der Waals surface area (Å²) in [6.45, 7) is 1.81. The molecule has 1 aromatic carbocycles. The van der Waals surface area contributed by atoms with Crippen molar-refractivity contribution in [3.63, 3.8) is 0 Å². The SMILES string of the molecule is CN(CC1CCC1)c1ccccc1CN. The molecule has 0 bridgehead atoms.